The van der Waals surface area contributed by atoms with E-state index >= 15 is 0 Å². The van der Waals surface area contributed by atoms with Crippen LogP contribution in [0.4, 0.5) is 0 Å². The van der Waals surface area contributed by atoms with Crippen molar-refractivity contribution in [3.05, 3.63) is 23.8 Å². The van der Waals surface area contributed by atoms with E-state index in [9.17, 15) is 0 Å². The van der Waals surface area contributed by atoms with Gasteiger partial charge in [0.15, 0.2) is 11.5 Å². The molecular weight excluding hydrogens is 216 g/mol. The molecule has 17 heavy (non-hydrogen) atoms. The molecule has 1 saturated carbocycles. The molecule has 0 aliphatic heterocycles. The van der Waals surface area contributed by atoms with E-state index in [2.05, 4.69) is 0 Å². The highest BCUT2D eigenvalue weighted by Gasteiger charge is 2.18. The first-order valence-corrected chi connectivity index (χ1v) is 6.33. The van der Waals surface area contributed by atoms with Crippen molar-refractivity contribution in [3.8, 4) is 11.5 Å². The van der Waals surface area contributed by atoms with Crippen LogP contribution in [0.1, 0.15) is 31.7 Å². The van der Waals surface area contributed by atoms with E-state index in [-0.39, 0.29) is 6.61 Å². The van der Waals surface area contributed by atoms with Gasteiger partial charge in [0.05, 0.1) is 19.8 Å². The quantitative estimate of drug-likeness (QED) is 0.825. The summed E-state index contributed by atoms with van der Waals surface area (Å²) in [7, 11) is 0. The lowest BCUT2D eigenvalue weighted by Crippen LogP contribution is -2.19. The van der Waals surface area contributed by atoms with Crippen LogP contribution in [0.15, 0.2) is 18.2 Å². The molecule has 0 aromatic heterocycles. The molecule has 1 aromatic rings. The maximum Gasteiger partial charge on any atom is 0.161 e. The Morgan fingerprint density at radius 3 is 2.65 bits per heavy atom. The zero-order chi connectivity index (χ0) is 12.1. The summed E-state index contributed by atoms with van der Waals surface area (Å²) in [4.78, 5) is 0. The average molecular weight is 236 g/mol. The molecule has 0 spiro atoms. The van der Waals surface area contributed by atoms with Gasteiger partial charge in [0.25, 0.3) is 0 Å². The standard InChI is InChI=1S/C14H20O3/c1-2-16-14-8-12(9-15)6-7-13(14)17-10-11-4-3-5-11/h6-8,11,15H,2-5,9-10H2,1H3. The van der Waals surface area contributed by atoms with E-state index in [1.54, 1.807) is 0 Å². The third-order valence-electron chi connectivity index (χ3n) is 3.19. The van der Waals surface area contributed by atoms with Gasteiger partial charge in [0.1, 0.15) is 0 Å². The van der Waals surface area contributed by atoms with Crippen molar-refractivity contribution >= 4 is 0 Å². The molecule has 94 valence electrons. The Morgan fingerprint density at radius 1 is 1.24 bits per heavy atom. The second-order valence-corrected chi connectivity index (χ2v) is 4.48. The predicted octanol–water partition coefficient (Wildman–Crippen LogP) is 2.76. The predicted molar refractivity (Wildman–Crippen MR) is 66.4 cm³/mol. The van der Waals surface area contributed by atoms with Crippen LogP contribution in [0, 0.1) is 5.92 Å². The molecule has 1 fully saturated rings. The Morgan fingerprint density at radius 2 is 2.06 bits per heavy atom. The molecule has 0 unspecified atom stereocenters. The normalized spacial score (nSPS) is 15.4. The van der Waals surface area contributed by atoms with Crippen molar-refractivity contribution in [2.24, 2.45) is 5.92 Å². The highest BCUT2D eigenvalue weighted by atomic mass is 16.5. The molecule has 0 atom stereocenters. The Labute approximate surface area is 102 Å². The van der Waals surface area contributed by atoms with Gasteiger partial charge in [0.2, 0.25) is 0 Å². The fraction of sp³-hybridized carbons (Fsp3) is 0.571. The molecule has 1 N–H and O–H groups in total. The lowest BCUT2D eigenvalue weighted by molar-refractivity contribution is 0.174. The minimum atomic E-state index is 0.0307. The summed E-state index contributed by atoms with van der Waals surface area (Å²) in [5.41, 5.74) is 0.851. The average Bonchev–Trinajstić information content (AvgIpc) is 2.29. The van der Waals surface area contributed by atoms with Gasteiger partial charge >= 0.3 is 0 Å². The molecule has 0 bridgehead atoms. The fourth-order valence-corrected chi connectivity index (χ4v) is 1.91. The van der Waals surface area contributed by atoms with Crippen LogP contribution in [0.25, 0.3) is 0 Å². The smallest absolute Gasteiger partial charge is 0.161 e. The molecule has 0 saturated heterocycles. The summed E-state index contributed by atoms with van der Waals surface area (Å²) in [6, 6.07) is 5.60. The number of aliphatic hydroxyl groups is 1. The molecule has 2 rings (SSSR count). The zero-order valence-corrected chi connectivity index (χ0v) is 10.3. The van der Waals surface area contributed by atoms with Crippen LogP contribution in [0.5, 0.6) is 11.5 Å². The van der Waals surface area contributed by atoms with Gasteiger partial charge in [-0.1, -0.05) is 12.5 Å². The fourth-order valence-electron chi connectivity index (χ4n) is 1.91. The van der Waals surface area contributed by atoms with Gasteiger partial charge in [-0.05, 0) is 43.4 Å². The summed E-state index contributed by atoms with van der Waals surface area (Å²) in [6.07, 6.45) is 3.88. The van der Waals surface area contributed by atoms with Crippen molar-refractivity contribution in [1.29, 1.82) is 0 Å². The molecule has 0 heterocycles. The van der Waals surface area contributed by atoms with E-state index in [0.29, 0.717) is 12.5 Å². The molecule has 1 aromatic carbocycles. The maximum absolute atomic E-state index is 9.09. The van der Waals surface area contributed by atoms with E-state index in [1.165, 1.54) is 19.3 Å². The lowest BCUT2D eigenvalue weighted by Gasteiger charge is -2.25. The van der Waals surface area contributed by atoms with E-state index in [0.717, 1.165) is 23.7 Å². The third-order valence-corrected chi connectivity index (χ3v) is 3.19. The number of rotatable bonds is 6. The summed E-state index contributed by atoms with van der Waals surface area (Å²) >= 11 is 0. The van der Waals surface area contributed by atoms with Crippen LogP contribution in [0.3, 0.4) is 0 Å². The molecule has 1 aliphatic rings. The Kier molecular flexibility index (Phi) is 4.26. The van der Waals surface area contributed by atoms with Crippen LogP contribution in [-0.2, 0) is 6.61 Å². The van der Waals surface area contributed by atoms with Gasteiger partial charge < -0.3 is 14.6 Å². The van der Waals surface area contributed by atoms with Crippen molar-refractivity contribution < 1.29 is 14.6 Å². The highest BCUT2D eigenvalue weighted by molar-refractivity contribution is 5.42. The third kappa shape index (κ3) is 3.13. The van der Waals surface area contributed by atoms with Gasteiger partial charge in [-0.15, -0.1) is 0 Å². The first-order chi connectivity index (χ1) is 8.33. The first kappa shape index (κ1) is 12.2. The molecule has 0 radical (unpaired) electrons. The van der Waals surface area contributed by atoms with Crippen LogP contribution in [0.2, 0.25) is 0 Å². The summed E-state index contributed by atoms with van der Waals surface area (Å²) in [5.74, 6) is 2.23. The highest BCUT2D eigenvalue weighted by Crippen LogP contribution is 2.32. The largest absolute Gasteiger partial charge is 0.490 e. The number of benzene rings is 1. The Hall–Kier alpha value is -1.22. The summed E-state index contributed by atoms with van der Waals surface area (Å²) in [6.45, 7) is 3.36. The van der Waals surface area contributed by atoms with Gasteiger partial charge in [0, 0.05) is 0 Å². The van der Waals surface area contributed by atoms with E-state index in [1.807, 2.05) is 25.1 Å². The first-order valence-electron chi connectivity index (χ1n) is 6.33. The van der Waals surface area contributed by atoms with Crippen molar-refractivity contribution in [2.75, 3.05) is 13.2 Å². The minimum Gasteiger partial charge on any atom is -0.490 e. The second kappa shape index (κ2) is 5.92. The van der Waals surface area contributed by atoms with Crippen molar-refractivity contribution in [3.63, 3.8) is 0 Å². The van der Waals surface area contributed by atoms with Gasteiger partial charge in [-0.2, -0.15) is 0 Å². The number of hydrogen-bond donors (Lipinski definition) is 1. The Bertz CT molecular complexity index is 358. The van der Waals surface area contributed by atoms with Gasteiger partial charge in [-0.25, -0.2) is 0 Å². The summed E-state index contributed by atoms with van der Waals surface area (Å²) in [5, 5.41) is 9.09. The second-order valence-electron chi connectivity index (χ2n) is 4.48. The van der Waals surface area contributed by atoms with Crippen LogP contribution in [-0.4, -0.2) is 18.3 Å². The van der Waals surface area contributed by atoms with E-state index < -0.39 is 0 Å². The monoisotopic (exact) mass is 236 g/mol. The molecule has 1 aliphatic carbocycles. The Balaban J connectivity index is 2.02. The van der Waals surface area contributed by atoms with Crippen LogP contribution < -0.4 is 9.47 Å². The molecular formula is C14H20O3. The summed E-state index contributed by atoms with van der Waals surface area (Å²) < 4.78 is 11.3. The zero-order valence-electron chi connectivity index (χ0n) is 10.3. The minimum absolute atomic E-state index is 0.0307. The van der Waals surface area contributed by atoms with E-state index in [4.69, 9.17) is 14.6 Å². The van der Waals surface area contributed by atoms with Crippen LogP contribution >= 0.6 is 0 Å². The molecule has 3 nitrogen and oxygen atoms in total. The maximum atomic E-state index is 9.09. The SMILES string of the molecule is CCOc1cc(CO)ccc1OCC1CCC1. The number of hydrogen-bond acceptors (Lipinski definition) is 3. The van der Waals surface area contributed by atoms with Gasteiger partial charge in [-0.3, -0.25) is 0 Å². The molecule has 3 heteroatoms. The molecule has 0 amide bonds. The topological polar surface area (TPSA) is 38.7 Å². The van der Waals surface area contributed by atoms with Crippen molar-refractivity contribution in [1.82, 2.24) is 0 Å². The lowest BCUT2D eigenvalue weighted by atomic mass is 9.86. The number of aliphatic hydroxyl groups excluding tert-OH is 1. The van der Waals surface area contributed by atoms with Crippen molar-refractivity contribution in [2.45, 2.75) is 32.8 Å². The number of ether oxygens (including phenoxy) is 2.